The molecule has 6 heterocycles. The Labute approximate surface area is 262 Å². The number of pyridine rings is 1. The molecule has 3 saturated heterocycles. The van der Waals surface area contributed by atoms with Gasteiger partial charge in [-0.05, 0) is 57.1 Å². The molecule has 0 radical (unpaired) electrons. The number of benzene rings is 2. The molecule has 0 amide bonds. The third-order valence-electron chi connectivity index (χ3n) is 9.78. The van der Waals surface area contributed by atoms with E-state index >= 15 is 4.39 Å². The van der Waals surface area contributed by atoms with Crippen LogP contribution < -0.4 is 19.7 Å². The molecule has 4 aromatic rings. The fourth-order valence-corrected chi connectivity index (χ4v) is 7.65. The molecule has 234 valence electrons. The molecule has 4 aliphatic heterocycles. The van der Waals surface area contributed by atoms with Gasteiger partial charge in [0.2, 0.25) is 5.88 Å². The van der Waals surface area contributed by atoms with Gasteiger partial charge in [0, 0.05) is 30.6 Å². The molecule has 0 bridgehead atoms. The average Bonchev–Trinajstić information content (AvgIpc) is 3.63. The summed E-state index contributed by atoms with van der Waals surface area (Å²) in [5.74, 6) is 2.05. The third kappa shape index (κ3) is 4.75. The number of nitrogens with zero attached hydrogens (tertiary/aromatic N) is 5. The molecular formula is C35H38F2N6O2. The second-order valence-corrected chi connectivity index (χ2v) is 12.1. The Morgan fingerprint density at radius 3 is 2.64 bits per heavy atom. The second kappa shape index (κ2) is 11.7. The van der Waals surface area contributed by atoms with Gasteiger partial charge < -0.3 is 19.7 Å². The van der Waals surface area contributed by atoms with Gasteiger partial charge in [-0.2, -0.15) is 9.97 Å². The molecule has 8 nitrogen and oxygen atoms in total. The Bertz CT molecular complexity index is 1810. The van der Waals surface area contributed by atoms with Crippen molar-refractivity contribution in [1.82, 2.24) is 25.2 Å². The summed E-state index contributed by atoms with van der Waals surface area (Å²) in [6, 6.07) is 8.34. The molecule has 45 heavy (non-hydrogen) atoms. The van der Waals surface area contributed by atoms with Crippen LogP contribution in [0.25, 0.3) is 32.9 Å². The number of nitrogens with one attached hydrogen (secondary N) is 1. The van der Waals surface area contributed by atoms with E-state index in [9.17, 15) is 4.39 Å². The smallest absolute Gasteiger partial charge is 0.319 e. The standard InChI is InChI=1S/C33H32F2N6O2.C2H6/c1-3-21-23(34)10-9-20-7-4-8-22(25(20)21)28-27(35)29-26-30(41-16-13-36-17-24(41)19(2)43-31(26)37-28)39-32(38-29)42-18-33-11-5-14-40(33)15-6-12-33;1-2/h1,4,7-10,19,24,36H,5-6,11-18H2,2H3;1-2H3. The first-order valence-electron chi connectivity index (χ1n) is 16.1. The highest BCUT2D eigenvalue weighted by molar-refractivity contribution is 6.03. The summed E-state index contributed by atoms with van der Waals surface area (Å²) in [6.07, 6.45) is 9.89. The zero-order valence-electron chi connectivity index (χ0n) is 26.0. The van der Waals surface area contributed by atoms with Crippen molar-refractivity contribution in [2.24, 2.45) is 0 Å². The fraction of sp³-hybridized carbons (Fsp3) is 0.457. The number of anilines is 1. The molecule has 2 unspecified atom stereocenters. The molecule has 10 heteroatoms. The maximum atomic E-state index is 16.9. The lowest BCUT2D eigenvalue weighted by Gasteiger charge is -2.38. The molecule has 0 spiro atoms. The van der Waals surface area contributed by atoms with Gasteiger partial charge in [0.25, 0.3) is 0 Å². The molecule has 2 aromatic heterocycles. The van der Waals surface area contributed by atoms with Crippen LogP contribution in [0.1, 0.15) is 52.0 Å². The highest BCUT2D eigenvalue weighted by atomic mass is 19.1. The first-order chi connectivity index (χ1) is 22.0. The van der Waals surface area contributed by atoms with Crippen LogP contribution >= 0.6 is 0 Å². The zero-order valence-corrected chi connectivity index (χ0v) is 26.0. The van der Waals surface area contributed by atoms with Gasteiger partial charge in [-0.25, -0.2) is 13.8 Å². The number of rotatable bonds is 4. The average molecular weight is 613 g/mol. The molecule has 0 saturated carbocycles. The van der Waals surface area contributed by atoms with Crippen LogP contribution in [0.15, 0.2) is 30.3 Å². The molecule has 2 atom stereocenters. The summed E-state index contributed by atoms with van der Waals surface area (Å²) in [5, 5.41) is 4.95. The number of fused-ring (bicyclic) bond motifs is 4. The maximum absolute atomic E-state index is 16.9. The number of hydrogen-bond donors (Lipinski definition) is 1. The van der Waals surface area contributed by atoms with E-state index in [0.717, 1.165) is 45.3 Å². The van der Waals surface area contributed by atoms with Crippen molar-refractivity contribution in [1.29, 1.82) is 0 Å². The number of halogens is 2. The van der Waals surface area contributed by atoms with Gasteiger partial charge in [-0.1, -0.05) is 44.0 Å². The van der Waals surface area contributed by atoms with Gasteiger partial charge >= 0.3 is 6.01 Å². The largest absolute Gasteiger partial charge is 0.472 e. The topological polar surface area (TPSA) is 75.6 Å². The highest BCUT2D eigenvalue weighted by Crippen LogP contribution is 2.44. The molecule has 8 rings (SSSR count). The third-order valence-corrected chi connectivity index (χ3v) is 9.78. The van der Waals surface area contributed by atoms with Crippen molar-refractivity contribution in [2.45, 2.75) is 64.1 Å². The SMILES string of the molecule is C#Cc1c(F)ccc2cccc(-c3nc4c5c(nc(OCC67CCCN6CCC7)nc5c3F)N3CCNCC3C(C)O4)c12.CC. The van der Waals surface area contributed by atoms with Crippen molar-refractivity contribution >= 4 is 27.5 Å². The monoisotopic (exact) mass is 612 g/mol. The van der Waals surface area contributed by atoms with Crippen molar-refractivity contribution in [2.75, 3.05) is 44.2 Å². The lowest BCUT2D eigenvalue weighted by molar-refractivity contribution is 0.108. The summed E-state index contributed by atoms with van der Waals surface area (Å²) >= 11 is 0. The molecule has 4 aliphatic rings. The van der Waals surface area contributed by atoms with Crippen LogP contribution in [0.5, 0.6) is 11.9 Å². The Morgan fingerprint density at radius 2 is 1.87 bits per heavy atom. The van der Waals surface area contributed by atoms with Gasteiger partial charge in [-0.3, -0.25) is 4.90 Å². The van der Waals surface area contributed by atoms with Crippen LogP contribution in [-0.4, -0.2) is 76.9 Å². The predicted octanol–water partition coefficient (Wildman–Crippen LogP) is 5.70. The lowest BCUT2D eigenvalue weighted by Crippen LogP contribution is -2.56. The summed E-state index contributed by atoms with van der Waals surface area (Å²) in [4.78, 5) is 19.0. The van der Waals surface area contributed by atoms with Crippen LogP contribution in [0.2, 0.25) is 0 Å². The van der Waals surface area contributed by atoms with Crippen molar-refractivity contribution < 1.29 is 18.3 Å². The van der Waals surface area contributed by atoms with Gasteiger partial charge in [0.15, 0.2) is 5.82 Å². The summed E-state index contributed by atoms with van der Waals surface area (Å²) in [7, 11) is 0. The quantitative estimate of drug-likeness (QED) is 0.295. The summed E-state index contributed by atoms with van der Waals surface area (Å²) < 4.78 is 44.6. The minimum atomic E-state index is -0.654. The van der Waals surface area contributed by atoms with Crippen molar-refractivity contribution in [3.63, 3.8) is 0 Å². The van der Waals surface area contributed by atoms with Crippen LogP contribution in [0.4, 0.5) is 14.6 Å². The minimum absolute atomic E-state index is 0.00708. The minimum Gasteiger partial charge on any atom is -0.472 e. The summed E-state index contributed by atoms with van der Waals surface area (Å²) in [6.45, 7) is 10.7. The van der Waals surface area contributed by atoms with E-state index in [4.69, 9.17) is 25.9 Å². The predicted molar refractivity (Wildman–Crippen MR) is 172 cm³/mol. The molecule has 3 fully saturated rings. The van der Waals surface area contributed by atoms with E-state index in [1.165, 1.54) is 6.07 Å². The Kier molecular flexibility index (Phi) is 7.70. The molecular weight excluding hydrogens is 574 g/mol. The van der Waals surface area contributed by atoms with Crippen molar-refractivity contribution in [3.05, 3.63) is 47.5 Å². The van der Waals surface area contributed by atoms with Gasteiger partial charge in [0.05, 0.1) is 17.1 Å². The number of terminal acetylenes is 1. The van der Waals surface area contributed by atoms with E-state index in [0.29, 0.717) is 47.2 Å². The fourth-order valence-electron chi connectivity index (χ4n) is 7.65. The highest BCUT2D eigenvalue weighted by Gasteiger charge is 2.45. The van der Waals surface area contributed by atoms with Crippen LogP contribution in [-0.2, 0) is 0 Å². The zero-order chi connectivity index (χ0) is 31.3. The number of aromatic nitrogens is 3. The van der Waals surface area contributed by atoms with E-state index in [-0.39, 0.29) is 46.3 Å². The second-order valence-electron chi connectivity index (χ2n) is 12.1. The van der Waals surface area contributed by atoms with Gasteiger partial charge in [0.1, 0.15) is 40.9 Å². The van der Waals surface area contributed by atoms with E-state index in [2.05, 4.69) is 26.0 Å². The summed E-state index contributed by atoms with van der Waals surface area (Å²) in [5.41, 5.74) is 0.464. The normalized spacial score (nSPS) is 21.7. The number of hydrogen-bond acceptors (Lipinski definition) is 8. The van der Waals surface area contributed by atoms with Crippen molar-refractivity contribution in [3.8, 4) is 35.5 Å². The Hall–Kier alpha value is -4.07. The number of piperazine rings is 1. The van der Waals surface area contributed by atoms with Crippen LogP contribution in [0.3, 0.4) is 0 Å². The van der Waals surface area contributed by atoms with E-state index in [1.807, 2.05) is 26.8 Å². The van der Waals surface area contributed by atoms with E-state index in [1.54, 1.807) is 18.2 Å². The Balaban J connectivity index is 0.00000160. The van der Waals surface area contributed by atoms with Crippen LogP contribution in [0, 0.1) is 24.0 Å². The first kappa shape index (κ1) is 29.6. The van der Waals surface area contributed by atoms with E-state index < -0.39 is 11.6 Å². The molecule has 1 N–H and O–H groups in total. The Morgan fingerprint density at radius 1 is 1.07 bits per heavy atom. The molecule has 0 aliphatic carbocycles. The lowest BCUT2D eigenvalue weighted by atomic mass is 9.95. The number of ether oxygens (including phenoxy) is 2. The first-order valence-corrected chi connectivity index (χ1v) is 16.1. The maximum Gasteiger partial charge on any atom is 0.319 e. The van der Waals surface area contributed by atoms with Gasteiger partial charge in [-0.15, -0.1) is 6.42 Å². The molecule has 2 aromatic carbocycles.